The van der Waals surface area contributed by atoms with Gasteiger partial charge < -0.3 is 9.63 Å². The number of hydrogen-bond donors (Lipinski definition) is 1. The van der Waals surface area contributed by atoms with Crippen molar-refractivity contribution in [3.63, 3.8) is 0 Å². The van der Waals surface area contributed by atoms with E-state index < -0.39 is 6.43 Å². The Morgan fingerprint density at radius 3 is 2.53 bits per heavy atom. The quantitative estimate of drug-likeness (QED) is 0.876. The summed E-state index contributed by atoms with van der Waals surface area (Å²) in [5.74, 6) is 0.0160. The van der Waals surface area contributed by atoms with Gasteiger partial charge in [-0.25, -0.2) is 8.78 Å². The van der Waals surface area contributed by atoms with Crippen molar-refractivity contribution in [1.82, 2.24) is 10.1 Å². The average Bonchev–Trinajstić information content (AvgIpc) is 2.79. The van der Waals surface area contributed by atoms with Crippen LogP contribution in [0.1, 0.15) is 23.1 Å². The smallest absolute Gasteiger partial charge is 0.264 e. The van der Waals surface area contributed by atoms with Crippen LogP contribution in [0.5, 0.6) is 5.75 Å². The van der Waals surface area contributed by atoms with Gasteiger partial charge in [-0.05, 0) is 25.5 Å². The van der Waals surface area contributed by atoms with Gasteiger partial charge >= 0.3 is 0 Å². The highest BCUT2D eigenvalue weighted by Crippen LogP contribution is 2.36. The second kappa shape index (κ2) is 4.12. The van der Waals surface area contributed by atoms with E-state index in [0.717, 1.165) is 6.39 Å². The Balaban J connectivity index is 2.69. The molecule has 1 heterocycles. The molecular formula is C11H10F2N2O2. The number of aromatic nitrogens is 2. The van der Waals surface area contributed by atoms with Crippen molar-refractivity contribution < 1.29 is 18.4 Å². The number of alkyl halides is 2. The van der Waals surface area contributed by atoms with Crippen LogP contribution in [0, 0.1) is 13.8 Å². The van der Waals surface area contributed by atoms with Crippen molar-refractivity contribution in [1.29, 1.82) is 0 Å². The van der Waals surface area contributed by atoms with Gasteiger partial charge in [0, 0.05) is 16.7 Å². The van der Waals surface area contributed by atoms with Crippen molar-refractivity contribution in [3.8, 4) is 17.1 Å². The normalized spacial score (nSPS) is 11.1. The standard InChI is InChI=1S/C11H10F2N2O2/c1-5-7(10(12)13)3-8(6(2)9(5)16)11-14-4-17-15-11/h3-4,10,16H,1-2H3. The van der Waals surface area contributed by atoms with Crippen LogP contribution in [0.4, 0.5) is 8.78 Å². The van der Waals surface area contributed by atoms with Gasteiger partial charge in [0.1, 0.15) is 5.75 Å². The van der Waals surface area contributed by atoms with Crippen LogP contribution in [0.3, 0.4) is 0 Å². The van der Waals surface area contributed by atoms with Crippen LogP contribution < -0.4 is 0 Å². The largest absolute Gasteiger partial charge is 0.507 e. The lowest BCUT2D eigenvalue weighted by molar-refractivity contribution is 0.150. The highest BCUT2D eigenvalue weighted by molar-refractivity contribution is 5.66. The van der Waals surface area contributed by atoms with Crippen molar-refractivity contribution >= 4 is 0 Å². The van der Waals surface area contributed by atoms with E-state index in [1.54, 1.807) is 6.92 Å². The second-order valence-corrected chi connectivity index (χ2v) is 3.67. The summed E-state index contributed by atoms with van der Waals surface area (Å²) in [7, 11) is 0. The van der Waals surface area contributed by atoms with Gasteiger partial charge in [0.05, 0.1) is 0 Å². The maximum Gasteiger partial charge on any atom is 0.264 e. The fourth-order valence-corrected chi connectivity index (χ4v) is 1.67. The first-order valence-corrected chi connectivity index (χ1v) is 4.90. The molecule has 0 spiro atoms. The van der Waals surface area contributed by atoms with E-state index in [1.807, 2.05) is 0 Å². The van der Waals surface area contributed by atoms with Gasteiger partial charge in [-0.3, -0.25) is 0 Å². The maximum atomic E-state index is 12.8. The molecule has 1 N–H and O–H groups in total. The molecule has 4 nitrogen and oxygen atoms in total. The van der Waals surface area contributed by atoms with Gasteiger partial charge in [-0.1, -0.05) is 5.16 Å². The molecule has 90 valence electrons. The third-order valence-corrected chi connectivity index (χ3v) is 2.68. The molecule has 0 aliphatic heterocycles. The van der Waals surface area contributed by atoms with E-state index in [0.29, 0.717) is 11.1 Å². The van der Waals surface area contributed by atoms with Gasteiger partial charge in [0.2, 0.25) is 12.2 Å². The van der Waals surface area contributed by atoms with Crippen LogP contribution in [-0.2, 0) is 0 Å². The molecular weight excluding hydrogens is 230 g/mol. The number of phenolic OH excluding ortho intramolecular Hbond substituents is 1. The zero-order valence-corrected chi connectivity index (χ0v) is 9.24. The van der Waals surface area contributed by atoms with Crippen LogP contribution in [0.2, 0.25) is 0 Å². The number of benzene rings is 1. The molecule has 0 unspecified atom stereocenters. The fourth-order valence-electron chi connectivity index (χ4n) is 1.67. The number of rotatable bonds is 2. The summed E-state index contributed by atoms with van der Waals surface area (Å²) in [6.07, 6.45) is -1.56. The molecule has 2 rings (SSSR count). The Hall–Kier alpha value is -1.98. The lowest BCUT2D eigenvalue weighted by Crippen LogP contribution is -1.96. The van der Waals surface area contributed by atoms with Gasteiger partial charge in [-0.15, -0.1) is 0 Å². The van der Waals surface area contributed by atoms with E-state index in [2.05, 4.69) is 14.7 Å². The van der Waals surface area contributed by atoms with Gasteiger partial charge in [-0.2, -0.15) is 4.98 Å². The van der Waals surface area contributed by atoms with Crippen molar-refractivity contribution in [2.45, 2.75) is 20.3 Å². The predicted molar refractivity (Wildman–Crippen MR) is 55.8 cm³/mol. The summed E-state index contributed by atoms with van der Waals surface area (Å²) in [6, 6.07) is 1.28. The number of phenols is 1. The minimum Gasteiger partial charge on any atom is -0.507 e. The molecule has 1 aromatic heterocycles. The highest BCUT2D eigenvalue weighted by Gasteiger charge is 2.20. The molecule has 0 amide bonds. The minimum atomic E-state index is -2.66. The topological polar surface area (TPSA) is 59.2 Å². The third kappa shape index (κ3) is 1.86. The molecule has 0 aliphatic carbocycles. The molecule has 2 aromatic rings. The Morgan fingerprint density at radius 2 is 2.00 bits per heavy atom. The summed E-state index contributed by atoms with van der Waals surface area (Å²) >= 11 is 0. The number of halogens is 2. The summed E-state index contributed by atoms with van der Waals surface area (Å²) < 4.78 is 30.1. The molecule has 0 aliphatic rings. The SMILES string of the molecule is Cc1c(-c2ncon2)cc(C(F)F)c(C)c1O. The van der Waals surface area contributed by atoms with Crippen LogP contribution >= 0.6 is 0 Å². The number of nitrogens with zero attached hydrogens (tertiary/aromatic N) is 2. The van der Waals surface area contributed by atoms with E-state index in [1.165, 1.54) is 13.0 Å². The molecule has 0 fully saturated rings. The Bertz CT molecular complexity index is 539. The predicted octanol–water partition coefficient (Wildman–Crippen LogP) is 3.00. The van der Waals surface area contributed by atoms with Gasteiger partial charge in [0.15, 0.2) is 0 Å². The molecule has 0 bridgehead atoms. The zero-order valence-electron chi connectivity index (χ0n) is 9.24. The molecule has 0 atom stereocenters. The summed E-state index contributed by atoms with van der Waals surface area (Å²) in [5.41, 5.74) is 0.739. The summed E-state index contributed by atoms with van der Waals surface area (Å²) in [6.45, 7) is 3.06. The Morgan fingerprint density at radius 1 is 1.29 bits per heavy atom. The molecule has 0 saturated carbocycles. The Labute approximate surface area is 95.9 Å². The molecule has 1 aromatic carbocycles. The third-order valence-electron chi connectivity index (χ3n) is 2.68. The highest BCUT2D eigenvalue weighted by atomic mass is 19.3. The van der Waals surface area contributed by atoms with E-state index in [-0.39, 0.29) is 22.7 Å². The summed E-state index contributed by atoms with van der Waals surface area (Å²) in [4.78, 5) is 3.78. The number of aromatic hydroxyl groups is 1. The monoisotopic (exact) mass is 240 g/mol. The van der Waals surface area contributed by atoms with Crippen molar-refractivity contribution in [2.24, 2.45) is 0 Å². The van der Waals surface area contributed by atoms with E-state index in [4.69, 9.17) is 0 Å². The van der Waals surface area contributed by atoms with Crippen molar-refractivity contribution in [3.05, 3.63) is 29.2 Å². The van der Waals surface area contributed by atoms with Gasteiger partial charge in [0.25, 0.3) is 6.43 Å². The lowest BCUT2D eigenvalue weighted by Gasteiger charge is -2.12. The number of hydrogen-bond acceptors (Lipinski definition) is 4. The summed E-state index contributed by atoms with van der Waals surface area (Å²) in [5, 5.41) is 13.4. The van der Waals surface area contributed by atoms with E-state index in [9.17, 15) is 13.9 Å². The average molecular weight is 240 g/mol. The second-order valence-electron chi connectivity index (χ2n) is 3.67. The first-order valence-electron chi connectivity index (χ1n) is 4.90. The van der Waals surface area contributed by atoms with Crippen molar-refractivity contribution in [2.75, 3.05) is 0 Å². The first-order chi connectivity index (χ1) is 8.02. The van der Waals surface area contributed by atoms with E-state index >= 15 is 0 Å². The van der Waals surface area contributed by atoms with Crippen LogP contribution in [0.15, 0.2) is 17.0 Å². The molecule has 6 heteroatoms. The Kier molecular flexibility index (Phi) is 2.79. The minimum absolute atomic E-state index is 0.164. The first kappa shape index (κ1) is 11.5. The zero-order chi connectivity index (χ0) is 12.6. The molecule has 17 heavy (non-hydrogen) atoms. The molecule has 0 saturated heterocycles. The van der Waals surface area contributed by atoms with Crippen LogP contribution in [-0.4, -0.2) is 15.2 Å². The maximum absolute atomic E-state index is 12.8. The fraction of sp³-hybridized carbons (Fsp3) is 0.273. The molecule has 0 radical (unpaired) electrons. The van der Waals surface area contributed by atoms with Crippen LogP contribution in [0.25, 0.3) is 11.4 Å². The lowest BCUT2D eigenvalue weighted by atomic mass is 9.98.